The molecule has 11 heteroatoms. The Morgan fingerprint density at radius 2 is 1.56 bits per heavy atom. The van der Waals surface area contributed by atoms with Crippen LogP contribution in [-0.4, -0.2) is 64.8 Å². The third-order valence-corrected chi connectivity index (χ3v) is 5.45. The van der Waals surface area contributed by atoms with Crippen molar-refractivity contribution in [3.63, 3.8) is 0 Å². The van der Waals surface area contributed by atoms with E-state index in [0.29, 0.717) is 17.7 Å². The van der Waals surface area contributed by atoms with Crippen LogP contribution < -0.4 is 10.6 Å². The predicted molar refractivity (Wildman–Crippen MR) is 153 cm³/mol. The van der Waals surface area contributed by atoms with Crippen molar-refractivity contribution in [3.05, 3.63) is 65.5 Å². The summed E-state index contributed by atoms with van der Waals surface area (Å²) in [5.41, 5.74) is 0.548. The highest BCUT2D eigenvalue weighted by Gasteiger charge is 2.24. The van der Waals surface area contributed by atoms with Gasteiger partial charge >= 0.3 is 18.2 Å². The average molecular weight is 571 g/mol. The van der Waals surface area contributed by atoms with Crippen molar-refractivity contribution in [3.8, 4) is 0 Å². The number of rotatable bonds is 11. The second kappa shape index (κ2) is 15.0. The van der Waals surface area contributed by atoms with Gasteiger partial charge in [-0.2, -0.15) is 0 Å². The minimum Gasteiger partial charge on any atom is -0.467 e. The summed E-state index contributed by atoms with van der Waals surface area (Å²) in [5.74, 6) is -1.04. The third kappa shape index (κ3) is 12.7. The van der Waals surface area contributed by atoms with Gasteiger partial charge < -0.3 is 24.8 Å². The fourth-order valence-corrected chi connectivity index (χ4v) is 3.62. The fraction of sp³-hybridized carbons (Fsp3) is 0.500. The van der Waals surface area contributed by atoms with Crippen LogP contribution in [0.25, 0.3) is 0 Å². The number of amides is 3. The molecule has 0 aliphatic heterocycles. The molecule has 1 atom stereocenters. The monoisotopic (exact) mass is 570 g/mol. The van der Waals surface area contributed by atoms with Gasteiger partial charge in [0.05, 0.1) is 19.3 Å². The summed E-state index contributed by atoms with van der Waals surface area (Å²) in [7, 11) is 1.25. The van der Waals surface area contributed by atoms with Gasteiger partial charge in [0, 0.05) is 24.8 Å². The highest BCUT2D eigenvalue weighted by molar-refractivity contribution is 5.96. The van der Waals surface area contributed by atoms with E-state index in [9.17, 15) is 19.2 Å². The zero-order chi connectivity index (χ0) is 30.6. The molecule has 0 fully saturated rings. The lowest BCUT2D eigenvalue weighted by Crippen LogP contribution is -2.42. The molecule has 0 spiro atoms. The molecule has 1 heterocycles. The van der Waals surface area contributed by atoms with Crippen molar-refractivity contribution in [2.24, 2.45) is 0 Å². The summed E-state index contributed by atoms with van der Waals surface area (Å²) in [5, 5.41) is 5.32. The van der Waals surface area contributed by atoms with E-state index in [4.69, 9.17) is 14.2 Å². The van der Waals surface area contributed by atoms with Crippen LogP contribution in [0.4, 0.5) is 9.59 Å². The maximum Gasteiger partial charge on any atom is 0.410 e. The van der Waals surface area contributed by atoms with E-state index in [0.717, 1.165) is 5.56 Å². The molecular formula is C30H42N4O7. The van der Waals surface area contributed by atoms with Crippen LogP contribution >= 0.6 is 0 Å². The van der Waals surface area contributed by atoms with E-state index >= 15 is 0 Å². The number of ether oxygens (including phenoxy) is 3. The van der Waals surface area contributed by atoms with Crippen molar-refractivity contribution in [1.82, 2.24) is 20.5 Å². The number of alkyl carbamates (subject to hydrolysis) is 1. The molecule has 2 N–H and O–H groups in total. The number of carbonyl (C=O) groups is 4. The molecule has 41 heavy (non-hydrogen) atoms. The topological polar surface area (TPSA) is 136 Å². The van der Waals surface area contributed by atoms with Gasteiger partial charge in [-0.3, -0.25) is 14.7 Å². The Morgan fingerprint density at radius 1 is 0.902 bits per heavy atom. The SMILES string of the molecule is COC(=O)[C@H](CCCNC(=O)OC(C)(C)C)NC(=O)c1ccc(CN(Cc2ccccn2)C(=O)OC(C)(C)C)cc1. The Kier molecular flexibility index (Phi) is 12.1. The van der Waals surface area contributed by atoms with Crippen LogP contribution in [0.3, 0.4) is 0 Å². The Labute approximate surface area is 241 Å². The number of nitrogens with zero attached hydrogens (tertiary/aromatic N) is 2. The number of aromatic nitrogens is 1. The van der Waals surface area contributed by atoms with Gasteiger partial charge in [-0.15, -0.1) is 0 Å². The first-order valence-electron chi connectivity index (χ1n) is 13.5. The first-order valence-corrected chi connectivity index (χ1v) is 13.5. The quantitative estimate of drug-likeness (QED) is 0.227. The molecular weight excluding hydrogens is 528 g/mol. The summed E-state index contributed by atoms with van der Waals surface area (Å²) in [6.07, 6.45) is 1.29. The number of pyridine rings is 1. The van der Waals surface area contributed by atoms with E-state index in [2.05, 4.69) is 15.6 Å². The number of nitrogens with one attached hydrogen (secondary N) is 2. The van der Waals surface area contributed by atoms with Crippen LogP contribution in [0.5, 0.6) is 0 Å². The van der Waals surface area contributed by atoms with Gasteiger partial charge in [0.25, 0.3) is 5.91 Å². The van der Waals surface area contributed by atoms with Gasteiger partial charge in [-0.05, 0) is 84.2 Å². The molecule has 3 amide bonds. The molecule has 0 bridgehead atoms. The van der Waals surface area contributed by atoms with Gasteiger partial charge in [-0.1, -0.05) is 18.2 Å². The summed E-state index contributed by atoms with van der Waals surface area (Å²) < 4.78 is 15.6. The van der Waals surface area contributed by atoms with Gasteiger partial charge in [0.2, 0.25) is 0 Å². The minimum atomic E-state index is -0.895. The highest BCUT2D eigenvalue weighted by atomic mass is 16.6. The number of hydrogen-bond acceptors (Lipinski definition) is 8. The predicted octanol–water partition coefficient (Wildman–Crippen LogP) is 4.60. The number of carbonyl (C=O) groups excluding carboxylic acids is 4. The Morgan fingerprint density at radius 3 is 2.12 bits per heavy atom. The van der Waals surface area contributed by atoms with Gasteiger partial charge in [-0.25, -0.2) is 14.4 Å². The van der Waals surface area contributed by atoms with Crippen LogP contribution in [0, 0.1) is 0 Å². The molecule has 224 valence electrons. The molecule has 2 rings (SSSR count). The number of benzene rings is 1. The van der Waals surface area contributed by atoms with Crippen molar-refractivity contribution in [1.29, 1.82) is 0 Å². The maximum absolute atomic E-state index is 12.9. The summed E-state index contributed by atoms with van der Waals surface area (Å²) in [6.45, 7) is 11.5. The second-order valence-corrected chi connectivity index (χ2v) is 11.5. The Bertz CT molecular complexity index is 1160. The van der Waals surface area contributed by atoms with E-state index < -0.39 is 41.3 Å². The summed E-state index contributed by atoms with van der Waals surface area (Å²) in [6, 6.07) is 11.3. The van der Waals surface area contributed by atoms with Crippen molar-refractivity contribution in [2.45, 2.75) is 84.7 Å². The maximum atomic E-state index is 12.9. The number of hydrogen-bond donors (Lipinski definition) is 2. The van der Waals surface area contributed by atoms with Crippen LogP contribution in [0.2, 0.25) is 0 Å². The Balaban J connectivity index is 2.02. The Hall–Kier alpha value is -4.15. The van der Waals surface area contributed by atoms with E-state index in [1.807, 2.05) is 12.1 Å². The third-order valence-electron chi connectivity index (χ3n) is 5.45. The standard InChI is InChI=1S/C30H42N4O7/c1-29(2,3)40-27(37)32-18-10-12-24(26(36)39-7)33-25(35)22-15-13-21(14-16-22)19-34(28(38)41-30(4,5)6)20-23-11-8-9-17-31-23/h8-9,11,13-17,24H,10,12,18-20H2,1-7H3,(H,32,37)(H,33,35)/t24-/m0/s1. The average Bonchev–Trinajstić information content (AvgIpc) is 2.88. The molecule has 0 saturated heterocycles. The summed E-state index contributed by atoms with van der Waals surface area (Å²) in [4.78, 5) is 55.8. The molecule has 0 aliphatic rings. The molecule has 1 aromatic heterocycles. The summed E-state index contributed by atoms with van der Waals surface area (Å²) >= 11 is 0. The number of esters is 1. The van der Waals surface area contributed by atoms with Crippen molar-refractivity contribution >= 4 is 24.1 Å². The molecule has 11 nitrogen and oxygen atoms in total. The van der Waals surface area contributed by atoms with E-state index in [1.54, 1.807) is 83.0 Å². The van der Waals surface area contributed by atoms with Gasteiger partial charge in [0.15, 0.2) is 0 Å². The first-order chi connectivity index (χ1) is 19.2. The second-order valence-electron chi connectivity index (χ2n) is 11.5. The minimum absolute atomic E-state index is 0.239. The molecule has 0 aliphatic carbocycles. The lowest BCUT2D eigenvalue weighted by Gasteiger charge is -2.27. The molecule has 0 saturated carbocycles. The zero-order valence-corrected chi connectivity index (χ0v) is 25.0. The van der Waals surface area contributed by atoms with Crippen LogP contribution in [0.1, 0.15) is 76.0 Å². The number of methoxy groups -OCH3 is 1. The van der Waals surface area contributed by atoms with Crippen molar-refractivity contribution < 1.29 is 33.4 Å². The zero-order valence-electron chi connectivity index (χ0n) is 25.0. The van der Waals surface area contributed by atoms with Crippen LogP contribution in [0.15, 0.2) is 48.7 Å². The normalized spacial score (nSPS) is 12.1. The smallest absolute Gasteiger partial charge is 0.410 e. The van der Waals surface area contributed by atoms with Crippen molar-refractivity contribution in [2.75, 3.05) is 13.7 Å². The lowest BCUT2D eigenvalue weighted by atomic mass is 10.1. The lowest BCUT2D eigenvalue weighted by molar-refractivity contribution is -0.143. The van der Waals surface area contributed by atoms with E-state index in [-0.39, 0.29) is 26.1 Å². The van der Waals surface area contributed by atoms with Crippen LogP contribution in [-0.2, 0) is 32.1 Å². The van der Waals surface area contributed by atoms with Gasteiger partial charge in [0.1, 0.15) is 17.2 Å². The molecule has 0 unspecified atom stereocenters. The fourth-order valence-electron chi connectivity index (χ4n) is 3.62. The molecule has 0 radical (unpaired) electrons. The highest BCUT2D eigenvalue weighted by Crippen LogP contribution is 2.16. The van der Waals surface area contributed by atoms with E-state index in [1.165, 1.54) is 7.11 Å². The molecule has 1 aromatic carbocycles. The molecule has 2 aromatic rings. The first kappa shape index (κ1) is 33.1. The largest absolute Gasteiger partial charge is 0.467 e.